The van der Waals surface area contributed by atoms with Gasteiger partial charge < -0.3 is 33.8 Å². The zero-order valence-corrected chi connectivity index (χ0v) is 64.8. The van der Waals surface area contributed by atoms with E-state index in [4.69, 9.17) is 37.0 Å². The van der Waals surface area contributed by atoms with E-state index in [1.165, 1.54) is 186 Å². The van der Waals surface area contributed by atoms with Crippen molar-refractivity contribution in [2.45, 2.75) is 408 Å². The van der Waals surface area contributed by atoms with Crippen LogP contribution in [0.5, 0.6) is 0 Å². The normalized spacial score (nSPS) is 14.4. The number of carbonyl (C=O) groups excluding carboxylic acids is 4. The molecule has 0 bridgehead atoms. The highest BCUT2D eigenvalue weighted by molar-refractivity contribution is 7.47. The summed E-state index contributed by atoms with van der Waals surface area (Å²) in [5, 5.41) is 10.6. The zero-order valence-electron chi connectivity index (χ0n) is 63.0. The molecule has 0 aliphatic rings. The van der Waals surface area contributed by atoms with E-state index in [1.54, 1.807) is 0 Å². The summed E-state index contributed by atoms with van der Waals surface area (Å²) in [5.41, 5.74) is 0. The van der Waals surface area contributed by atoms with Crippen molar-refractivity contribution in [3.8, 4) is 0 Å². The lowest BCUT2D eigenvalue weighted by Crippen LogP contribution is -2.30. The molecule has 0 amide bonds. The van der Waals surface area contributed by atoms with Crippen LogP contribution >= 0.6 is 15.6 Å². The van der Waals surface area contributed by atoms with E-state index >= 15 is 0 Å². The van der Waals surface area contributed by atoms with Crippen LogP contribution in [-0.2, 0) is 65.4 Å². The van der Waals surface area contributed by atoms with Crippen molar-refractivity contribution in [2.24, 2.45) is 23.7 Å². The lowest BCUT2D eigenvalue weighted by Gasteiger charge is -2.21. The maximum atomic E-state index is 13.1. The third kappa shape index (κ3) is 69.2. The number of unbranched alkanes of at least 4 members (excludes halogenated alkanes) is 39. The standard InChI is InChI=1S/C77H150O17P2/c1-9-70(8)56-48-40-32-24-20-21-27-35-44-52-60-77(82)93-72(63-87-74(79)57-49-41-33-25-18-14-10-12-16-22-29-37-45-53-67(2)3)65-91-95(83,84)89-61-71(78)62-90-96(85,86)92-66-73(64-88-75(80)58-50-42-36-28-31-39-47-55-69(6)7)94-76(81)59-51-43-34-26-19-15-11-13-17-23-30-38-46-54-68(4)5/h67-73,78H,9-66H2,1-8H3,(H,83,84)(H,85,86)/t70?,71?,72-,73-/m1/s1. The maximum absolute atomic E-state index is 13.1. The van der Waals surface area contributed by atoms with Gasteiger partial charge in [0.1, 0.15) is 19.3 Å². The Balaban J connectivity index is 5.25. The van der Waals surface area contributed by atoms with Crippen LogP contribution in [0.25, 0.3) is 0 Å². The molecule has 0 heterocycles. The molecule has 4 unspecified atom stereocenters. The average Bonchev–Trinajstić information content (AvgIpc) is 1.13. The first-order chi connectivity index (χ1) is 46.1. The van der Waals surface area contributed by atoms with Gasteiger partial charge in [-0.25, -0.2) is 9.13 Å². The summed E-state index contributed by atoms with van der Waals surface area (Å²) >= 11 is 0. The van der Waals surface area contributed by atoms with Crippen LogP contribution < -0.4 is 0 Å². The molecule has 0 aliphatic heterocycles. The number of carbonyl (C=O) groups is 4. The SMILES string of the molecule is CCC(C)CCCCCCCCCCCCC(=O)O[C@H](COC(=O)CCCCCCCCCCCCCCCC(C)C)COP(=O)(O)OCC(O)COP(=O)(O)OC[C@@H](COC(=O)CCCCCCCCCC(C)C)OC(=O)CCCCCCCCCCCCCCCC(C)C. The number of esters is 4. The van der Waals surface area contributed by atoms with E-state index in [-0.39, 0.29) is 25.7 Å². The molecule has 0 radical (unpaired) electrons. The minimum absolute atomic E-state index is 0.106. The van der Waals surface area contributed by atoms with Gasteiger partial charge in [0, 0.05) is 25.7 Å². The predicted octanol–water partition coefficient (Wildman–Crippen LogP) is 22.4. The molecule has 0 aromatic carbocycles. The van der Waals surface area contributed by atoms with Crippen molar-refractivity contribution < 1.29 is 80.2 Å². The van der Waals surface area contributed by atoms with E-state index in [9.17, 15) is 43.2 Å². The van der Waals surface area contributed by atoms with Crippen LogP contribution in [0.2, 0.25) is 0 Å². The first-order valence-electron chi connectivity index (χ1n) is 39.7. The highest BCUT2D eigenvalue weighted by atomic mass is 31.2. The summed E-state index contributed by atoms with van der Waals surface area (Å²) < 4.78 is 68.6. The number of ether oxygens (including phenoxy) is 4. The number of aliphatic hydroxyl groups excluding tert-OH is 1. The Bertz CT molecular complexity index is 1890. The van der Waals surface area contributed by atoms with E-state index in [0.29, 0.717) is 31.6 Å². The topological polar surface area (TPSA) is 237 Å². The van der Waals surface area contributed by atoms with Crippen molar-refractivity contribution in [1.29, 1.82) is 0 Å². The lowest BCUT2D eigenvalue weighted by molar-refractivity contribution is -0.161. The van der Waals surface area contributed by atoms with Crippen molar-refractivity contribution >= 4 is 39.5 Å². The highest BCUT2D eigenvalue weighted by Gasteiger charge is 2.30. The third-order valence-electron chi connectivity index (χ3n) is 18.2. The summed E-state index contributed by atoms with van der Waals surface area (Å²) in [4.78, 5) is 72.9. The van der Waals surface area contributed by atoms with Gasteiger partial charge in [0.05, 0.1) is 26.4 Å². The first-order valence-corrected chi connectivity index (χ1v) is 42.7. The van der Waals surface area contributed by atoms with Crippen molar-refractivity contribution in [1.82, 2.24) is 0 Å². The summed E-state index contributed by atoms with van der Waals surface area (Å²) in [6, 6.07) is 0. The fraction of sp³-hybridized carbons (Fsp3) is 0.948. The monoisotopic (exact) mass is 1410 g/mol. The van der Waals surface area contributed by atoms with Gasteiger partial charge in [0.2, 0.25) is 0 Å². The van der Waals surface area contributed by atoms with Gasteiger partial charge in [-0.2, -0.15) is 0 Å². The molecule has 0 aromatic rings. The van der Waals surface area contributed by atoms with Crippen LogP contribution in [0.1, 0.15) is 389 Å². The summed E-state index contributed by atoms with van der Waals surface area (Å²) in [7, 11) is -9.92. The molecule has 0 saturated carbocycles. The van der Waals surface area contributed by atoms with Crippen LogP contribution in [-0.4, -0.2) is 96.7 Å². The highest BCUT2D eigenvalue weighted by Crippen LogP contribution is 2.45. The number of rotatable bonds is 74. The maximum Gasteiger partial charge on any atom is 0.472 e. The predicted molar refractivity (Wildman–Crippen MR) is 391 cm³/mol. The van der Waals surface area contributed by atoms with E-state index in [0.717, 1.165) is 114 Å². The molecule has 0 aliphatic carbocycles. The van der Waals surface area contributed by atoms with Gasteiger partial charge in [-0.3, -0.25) is 37.3 Å². The molecule has 0 rings (SSSR count). The molecule has 19 heteroatoms. The number of aliphatic hydroxyl groups is 1. The van der Waals surface area contributed by atoms with Crippen LogP contribution in [0, 0.1) is 23.7 Å². The van der Waals surface area contributed by atoms with Crippen LogP contribution in [0.4, 0.5) is 0 Å². The van der Waals surface area contributed by atoms with Crippen LogP contribution in [0.3, 0.4) is 0 Å². The third-order valence-corrected chi connectivity index (χ3v) is 20.1. The molecule has 96 heavy (non-hydrogen) atoms. The Morgan fingerprint density at radius 2 is 0.500 bits per heavy atom. The van der Waals surface area contributed by atoms with E-state index in [2.05, 4.69) is 55.4 Å². The Morgan fingerprint density at radius 3 is 0.740 bits per heavy atom. The molecule has 0 fully saturated rings. The second-order valence-corrected chi connectivity index (χ2v) is 32.3. The molecule has 3 N–H and O–H groups in total. The van der Waals surface area contributed by atoms with Gasteiger partial charge in [0.25, 0.3) is 0 Å². The second kappa shape index (κ2) is 66.3. The molecular weight excluding hydrogens is 1260 g/mol. The van der Waals surface area contributed by atoms with Gasteiger partial charge in [-0.05, 0) is 49.4 Å². The lowest BCUT2D eigenvalue weighted by atomic mass is 9.99. The zero-order chi connectivity index (χ0) is 71.0. The Morgan fingerprint density at radius 1 is 0.292 bits per heavy atom. The molecule has 0 spiro atoms. The van der Waals surface area contributed by atoms with Gasteiger partial charge >= 0.3 is 39.5 Å². The number of phosphoric ester groups is 2. The largest absolute Gasteiger partial charge is 0.472 e. The van der Waals surface area contributed by atoms with Crippen molar-refractivity contribution in [2.75, 3.05) is 39.6 Å². The molecule has 0 saturated heterocycles. The van der Waals surface area contributed by atoms with Crippen LogP contribution in [0.15, 0.2) is 0 Å². The second-order valence-electron chi connectivity index (χ2n) is 29.4. The molecular formula is C77H150O17P2. The average molecular weight is 1410 g/mol. The summed E-state index contributed by atoms with van der Waals surface area (Å²) in [5.74, 6) is 0.966. The first kappa shape index (κ1) is 94.1. The minimum atomic E-state index is -4.96. The number of phosphoric acid groups is 2. The quantitative estimate of drug-likeness (QED) is 0.0222. The summed E-state index contributed by atoms with van der Waals surface area (Å²) in [6.45, 7) is 14.2. The Labute approximate surface area is 588 Å². The fourth-order valence-corrected chi connectivity index (χ4v) is 13.3. The molecule has 0 aromatic heterocycles. The van der Waals surface area contributed by atoms with Crippen molar-refractivity contribution in [3.63, 3.8) is 0 Å². The van der Waals surface area contributed by atoms with Crippen molar-refractivity contribution in [3.05, 3.63) is 0 Å². The fourth-order valence-electron chi connectivity index (χ4n) is 11.7. The molecule has 570 valence electrons. The van der Waals surface area contributed by atoms with E-state index in [1.807, 2.05) is 0 Å². The van der Waals surface area contributed by atoms with Gasteiger partial charge in [-0.1, -0.05) is 338 Å². The smallest absolute Gasteiger partial charge is 0.462 e. The Kier molecular flexibility index (Phi) is 65.0. The number of hydrogen-bond donors (Lipinski definition) is 3. The Hall–Kier alpha value is -1.94. The number of hydrogen-bond acceptors (Lipinski definition) is 15. The van der Waals surface area contributed by atoms with E-state index < -0.39 is 97.5 Å². The molecule has 6 atom stereocenters. The molecule has 17 nitrogen and oxygen atoms in total. The van der Waals surface area contributed by atoms with Gasteiger partial charge in [0.15, 0.2) is 12.2 Å². The minimum Gasteiger partial charge on any atom is -0.462 e. The van der Waals surface area contributed by atoms with Gasteiger partial charge in [-0.15, -0.1) is 0 Å². The summed E-state index contributed by atoms with van der Waals surface area (Å²) in [6.07, 6.45) is 51.3.